The molecule has 1 aromatic rings. The molecule has 1 aliphatic rings. The Labute approximate surface area is 127 Å². The van der Waals surface area contributed by atoms with E-state index in [1.165, 1.54) is 19.1 Å². The third kappa shape index (κ3) is 2.89. The van der Waals surface area contributed by atoms with Gasteiger partial charge in [0, 0.05) is 13.5 Å². The topological polar surface area (TPSA) is 91.8 Å². The maximum Gasteiger partial charge on any atom is 0.326 e. The van der Waals surface area contributed by atoms with Gasteiger partial charge >= 0.3 is 5.97 Å². The Bertz CT molecular complexity index is 666. The van der Waals surface area contributed by atoms with E-state index in [4.69, 9.17) is 16.7 Å². The third-order valence-corrected chi connectivity index (χ3v) is 6.16. The van der Waals surface area contributed by atoms with E-state index >= 15 is 0 Å². The molecule has 1 aromatic carbocycles. The molecule has 1 fully saturated rings. The van der Waals surface area contributed by atoms with Crippen LogP contribution < -0.4 is 0 Å². The van der Waals surface area contributed by atoms with E-state index in [0.29, 0.717) is 0 Å². The van der Waals surface area contributed by atoms with Crippen molar-refractivity contribution in [2.45, 2.75) is 29.5 Å². The molecular formula is C13H14ClNO5S. The quantitative estimate of drug-likeness (QED) is 0.898. The first kappa shape index (κ1) is 15.8. The highest BCUT2D eigenvalue weighted by atomic mass is 35.5. The second-order valence-corrected chi connectivity index (χ2v) is 7.46. The predicted molar refractivity (Wildman–Crippen MR) is 75.9 cm³/mol. The highest BCUT2D eigenvalue weighted by Crippen LogP contribution is 2.31. The van der Waals surface area contributed by atoms with Gasteiger partial charge in [-0.25, -0.2) is 13.2 Å². The van der Waals surface area contributed by atoms with Gasteiger partial charge in [0.1, 0.15) is 6.04 Å². The van der Waals surface area contributed by atoms with E-state index in [9.17, 15) is 18.0 Å². The normalized spacial score (nSPS) is 22.3. The van der Waals surface area contributed by atoms with Crippen LogP contribution in [0, 0.1) is 0 Å². The molecule has 1 amide bonds. The van der Waals surface area contributed by atoms with E-state index in [0.717, 1.165) is 4.90 Å². The van der Waals surface area contributed by atoms with Gasteiger partial charge in [-0.1, -0.05) is 23.7 Å². The summed E-state index contributed by atoms with van der Waals surface area (Å²) < 4.78 is 25.2. The molecular weight excluding hydrogens is 318 g/mol. The van der Waals surface area contributed by atoms with Crippen LogP contribution in [-0.2, 0) is 19.4 Å². The minimum Gasteiger partial charge on any atom is -0.480 e. The van der Waals surface area contributed by atoms with Gasteiger partial charge in [-0.2, -0.15) is 0 Å². The van der Waals surface area contributed by atoms with Crippen LogP contribution in [0.2, 0.25) is 5.02 Å². The summed E-state index contributed by atoms with van der Waals surface area (Å²) in [7, 11) is -3.79. The summed E-state index contributed by atoms with van der Waals surface area (Å²) >= 11 is 5.91. The Morgan fingerprint density at radius 3 is 2.43 bits per heavy atom. The number of hydrogen-bond donors (Lipinski definition) is 1. The number of halogens is 1. The average molecular weight is 332 g/mol. The van der Waals surface area contributed by atoms with Crippen molar-refractivity contribution in [3.63, 3.8) is 0 Å². The molecule has 0 radical (unpaired) electrons. The number of benzene rings is 1. The van der Waals surface area contributed by atoms with Crippen LogP contribution in [-0.4, -0.2) is 48.1 Å². The van der Waals surface area contributed by atoms with E-state index in [1.807, 2.05) is 0 Å². The van der Waals surface area contributed by atoms with Gasteiger partial charge in [-0.3, -0.25) is 4.79 Å². The smallest absolute Gasteiger partial charge is 0.326 e. The van der Waals surface area contributed by atoms with Gasteiger partial charge in [-0.05, 0) is 18.6 Å². The lowest BCUT2D eigenvalue weighted by atomic mass is 10.2. The maximum absolute atomic E-state index is 12.6. The van der Waals surface area contributed by atoms with Crippen LogP contribution in [0.1, 0.15) is 13.3 Å². The molecule has 0 aromatic heterocycles. The summed E-state index contributed by atoms with van der Waals surface area (Å²) in [4.78, 5) is 23.7. The number of amides is 1. The largest absolute Gasteiger partial charge is 0.480 e. The van der Waals surface area contributed by atoms with Crippen molar-refractivity contribution in [2.24, 2.45) is 0 Å². The van der Waals surface area contributed by atoms with Crippen molar-refractivity contribution in [1.82, 2.24) is 4.90 Å². The number of carboxylic acids is 1. The minimum atomic E-state index is -3.79. The summed E-state index contributed by atoms with van der Waals surface area (Å²) in [5.74, 6) is -1.67. The van der Waals surface area contributed by atoms with E-state index in [2.05, 4.69) is 0 Å². The number of rotatable bonds is 3. The van der Waals surface area contributed by atoms with Gasteiger partial charge in [0.15, 0.2) is 9.84 Å². The molecule has 1 heterocycles. The van der Waals surface area contributed by atoms with Crippen molar-refractivity contribution in [2.75, 3.05) is 6.54 Å². The third-order valence-electron chi connectivity index (χ3n) is 3.53. The minimum absolute atomic E-state index is 0.0359. The molecule has 0 bridgehead atoms. The molecule has 1 N–H and O–H groups in total. The zero-order valence-electron chi connectivity index (χ0n) is 11.2. The van der Waals surface area contributed by atoms with Gasteiger partial charge < -0.3 is 10.0 Å². The van der Waals surface area contributed by atoms with Crippen molar-refractivity contribution in [3.05, 3.63) is 29.3 Å². The molecule has 21 heavy (non-hydrogen) atoms. The van der Waals surface area contributed by atoms with Gasteiger partial charge in [0.25, 0.3) is 0 Å². The fourth-order valence-electron chi connectivity index (χ4n) is 2.46. The van der Waals surface area contributed by atoms with Crippen LogP contribution in [0.5, 0.6) is 0 Å². The Morgan fingerprint density at radius 1 is 1.33 bits per heavy atom. The first-order chi connectivity index (χ1) is 9.75. The zero-order valence-corrected chi connectivity index (χ0v) is 12.8. The van der Waals surface area contributed by atoms with Crippen LogP contribution in [0.25, 0.3) is 0 Å². The number of carbonyl (C=O) groups excluding carboxylic acids is 1. The summed E-state index contributed by atoms with van der Waals surface area (Å²) in [5, 5.41) is 8.25. The summed E-state index contributed by atoms with van der Waals surface area (Å²) in [6, 6.07) is 4.87. The van der Waals surface area contributed by atoms with E-state index in [1.54, 1.807) is 12.1 Å². The van der Waals surface area contributed by atoms with E-state index in [-0.39, 0.29) is 22.9 Å². The second-order valence-electron chi connectivity index (χ2n) is 4.86. The molecule has 2 rings (SSSR count). The Hall–Kier alpha value is -1.60. The lowest BCUT2D eigenvalue weighted by molar-refractivity contribution is -0.147. The van der Waals surface area contributed by atoms with Crippen molar-refractivity contribution in [1.29, 1.82) is 0 Å². The number of hydrogen-bond acceptors (Lipinski definition) is 4. The Morgan fingerprint density at radius 2 is 1.95 bits per heavy atom. The highest BCUT2D eigenvalue weighted by Gasteiger charge is 2.44. The lowest BCUT2D eigenvalue weighted by Gasteiger charge is -2.19. The maximum atomic E-state index is 12.6. The molecule has 2 atom stereocenters. The first-order valence-corrected chi connectivity index (χ1v) is 8.16. The fourth-order valence-corrected chi connectivity index (χ4v) is 4.68. The standard InChI is InChI=1S/C13H14ClNO5S/c1-8(16)15-7-9(6-11(15)13(17)18)21(19,20)12-5-3-2-4-10(12)14/h2-5,9,11H,6-7H2,1H3,(H,17,18). The SMILES string of the molecule is CC(=O)N1CC(S(=O)(=O)c2ccccc2Cl)CC1C(=O)O. The summed E-state index contributed by atoms with van der Waals surface area (Å²) in [6.45, 7) is 1.08. The Kier molecular flexibility index (Phi) is 4.25. The number of sulfone groups is 1. The Balaban J connectivity index is 2.37. The van der Waals surface area contributed by atoms with E-state index < -0.39 is 33.0 Å². The first-order valence-electron chi connectivity index (χ1n) is 6.23. The molecule has 0 aliphatic carbocycles. The predicted octanol–water partition coefficient (Wildman–Crippen LogP) is 1.19. The molecule has 114 valence electrons. The molecule has 2 unspecified atom stereocenters. The lowest BCUT2D eigenvalue weighted by Crippen LogP contribution is -2.39. The fraction of sp³-hybridized carbons (Fsp3) is 0.385. The molecule has 1 aliphatic heterocycles. The zero-order chi connectivity index (χ0) is 15.8. The van der Waals surface area contributed by atoms with Crippen molar-refractivity contribution in [3.8, 4) is 0 Å². The number of aliphatic carboxylic acids is 1. The average Bonchev–Trinajstić information content (AvgIpc) is 2.85. The van der Waals surface area contributed by atoms with Gasteiger partial charge in [0.05, 0.1) is 15.2 Å². The number of likely N-dealkylation sites (tertiary alicyclic amines) is 1. The monoisotopic (exact) mass is 331 g/mol. The number of carboxylic acid groups (broad SMARTS) is 1. The van der Waals surface area contributed by atoms with Crippen LogP contribution in [0.15, 0.2) is 29.2 Å². The number of nitrogens with zero attached hydrogens (tertiary/aromatic N) is 1. The molecule has 1 saturated heterocycles. The molecule has 0 spiro atoms. The molecule has 8 heteroatoms. The van der Waals surface area contributed by atoms with Gasteiger partial charge in [0.2, 0.25) is 5.91 Å². The van der Waals surface area contributed by atoms with Crippen LogP contribution >= 0.6 is 11.6 Å². The second kappa shape index (κ2) is 5.65. The summed E-state index contributed by atoms with van der Waals surface area (Å²) in [6.07, 6.45) is -0.136. The van der Waals surface area contributed by atoms with Crippen LogP contribution in [0.4, 0.5) is 0 Å². The van der Waals surface area contributed by atoms with Crippen molar-refractivity contribution >= 4 is 33.3 Å². The summed E-state index contributed by atoms with van der Waals surface area (Å²) in [5.41, 5.74) is 0. The van der Waals surface area contributed by atoms with Crippen molar-refractivity contribution < 1.29 is 23.1 Å². The molecule has 6 nitrogen and oxygen atoms in total. The van der Waals surface area contributed by atoms with Crippen LogP contribution in [0.3, 0.4) is 0 Å². The number of carbonyl (C=O) groups is 2. The highest BCUT2D eigenvalue weighted by molar-refractivity contribution is 7.92. The molecule has 0 saturated carbocycles. The van der Waals surface area contributed by atoms with Gasteiger partial charge in [-0.15, -0.1) is 0 Å².